The third-order valence-electron chi connectivity index (χ3n) is 5.08. The van der Waals surface area contributed by atoms with Crippen molar-refractivity contribution in [3.63, 3.8) is 0 Å². The molecule has 1 aliphatic rings. The van der Waals surface area contributed by atoms with Gasteiger partial charge < -0.3 is 5.11 Å². The molecule has 2 aromatic rings. The Morgan fingerprint density at radius 1 is 1.14 bits per heavy atom. The standard InChI is InChI=1S/C23H27NO2S2/c1-16(2)13-20(21(25)18-11-7-4-8-12-18)22(26)24-19(15-28-23(24)27)14-17-9-5-3-6-10-17/h3-12,16,19-21,25H,13-15H2,1-2H3/t19-,20-,21-/m0/s1. The monoisotopic (exact) mass is 413 g/mol. The lowest BCUT2D eigenvalue weighted by Gasteiger charge is -2.31. The van der Waals surface area contributed by atoms with Gasteiger partial charge in [0.25, 0.3) is 0 Å². The van der Waals surface area contributed by atoms with E-state index in [1.165, 1.54) is 5.56 Å². The zero-order chi connectivity index (χ0) is 20.1. The minimum atomic E-state index is -0.832. The summed E-state index contributed by atoms with van der Waals surface area (Å²) in [5.74, 6) is 0.539. The van der Waals surface area contributed by atoms with Crippen molar-refractivity contribution in [2.45, 2.75) is 38.8 Å². The molecule has 0 spiro atoms. The number of aliphatic hydroxyl groups excluding tert-OH is 1. The Kier molecular flexibility index (Phi) is 7.27. The molecule has 0 unspecified atom stereocenters. The summed E-state index contributed by atoms with van der Waals surface area (Å²) in [5.41, 5.74) is 1.97. The van der Waals surface area contributed by atoms with E-state index in [0.29, 0.717) is 16.7 Å². The summed E-state index contributed by atoms with van der Waals surface area (Å²) in [5, 5.41) is 11.0. The lowest BCUT2D eigenvalue weighted by molar-refractivity contribution is -0.137. The third kappa shape index (κ3) is 5.02. The van der Waals surface area contributed by atoms with E-state index in [0.717, 1.165) is 17.7 Å². The van der Waals surface area contributed by atoms with Gasteiger partial charge in [-0.15, -0.1) is 0 Å². The Hall–Kier alpha value is -1.69. The number of aliphatic hydroxyl groups is 1. The molecule has 0 saturated carbocycles. The Morgan fingerprint density at radius 3 is 2.36 bits per heavy atom. The molecule has 1 saturated heterocycles. The maximum atomic E-state index is 13.6. The first-order valence-corrected chi connectivity index (χ1v) is 11.1. The number of benzene rings is 2. The van der Waals surface area contributed by atoms with Gasteiger partial charge >= 0.3 is 0 Å². The van der Waals surface area contributed by atoms with E-state index in [-0.39, 0.29) is 11.9 Å². The van der Waals surface area contributed by atoms with Crippen molar-refractivity contribution < 1.29 is 9.90 Å². The second-order valence-electron chi connectivity index (χ2n) is 7.72. The van der Waals surface area contributed by atoms with Crippen LogP contribution in [0.2, 0.25) is 0 Å². The fourth-order valence-electron chi connectivity index (χ4n) is 3.70. The number of amides is 1. The highest BCUT2D eigenvalue weighted by Crippen LogP contribution is 2.34. The SMILES string of the molecule is CC(C)C[C@H](C(=O)N1C(=S)SC[C@@H]1Cc1ccccc1)[C@@H](O)c1ccccc1. The molecule has 3 nitrogen and oxygen atoms in total. The number of nitrogens with zero attached hydrogens (tertiary/aromatic N) is 1. The molecule has 0 bridgehead atoms. The van der Waals surface area contributed by atoms with Crippen LogP contribution in [0.5, 0.6) is 0 Å². The van der Waals surface area contributed by atoms with Crippen molar-refractivity contribution in [2.75, 3.05) is 5.75 Å². The maximum absolute atomic E-state index is 13.6. The minimum absolute atomic E-state index is 0.0324. The normalized spacial score (nSPS) is 19.1. The fraction of sp³-hybridized carbons (Fsp3) is 0.391. The summed E-state index contributed by atoms with van der Waals surface area (Å²) in [6, 6.07) is 19.7. The van der Waals surface area contributed by atoms with Crippen molar-refractivity contribution in [3.05, 3.63) is 71.8 Å². The van der Waals surface area contributed by atoms with E-state index < -0.39 is 12.0 Å². The lowest BCUT2D eigenvalue weighted by Crippen LogP contribution is -2.45. The average Bonchev–Trinajstić information content (AvgIpc) is 3.06. The van der Waals surface area contributed by atoms with Crippen LogP contribution in [0.25, 0.3) is 0 Å². The second-order valence-corrected chi connectivity index (χ2v) is 9.37. The predicted octanol–water partition coefficient (Wildman–Crippen LogP) is 4.85. The van der Waals surface area contributed by atoms with E-state index in [1.54, 1.807) is 16.7 Å². The van der Waals surface area contributed by atoms with Crippen LogP contribution in [0.4, 0.5) is 0 Å². The summed E-state index contributed by atoms with van der Waals surface area (Å²) >= 11 is 7.09. The number of carbonyl (C=O) groups is 1. The van der Waals surface area contributed by atoms with Crippen LogP contribution >= 0.6 is 24.0 Å². The first-order chi connectivity index (χ1) is 13.5. The summed E-state index contributed by atoms with van der Waals surface area (Å²) in [6.07, 6.45) is 0.564. The van der Waals surface area contributed by atoms with Crippen LogP contribution in [-0.2, 0) is 11.2 Å². The third-order valence-corrected chi connectivity index (χ3v) is 6.62. The fourth-order valence-corrected chi connectivity index (χ4v) is 5.12. The summed E-state index contributed by atoms with van der Waals surface area (Å²) in [4.78, 5) is 15.3. The number of hydrogen-bond acceptors (Lipinski definition) is 4. The van der Waals surface area contributed by atoms with Gasteiger partial charge in [0.1, 0.15) is 4.32 Å². The minimum Gasteiger partial charge on any atom is -0.388 e. The molecule has 0 radical (unpaired) electrons. The molecule has 0 aliphatic carbocycles. The molecule has 0 aromatic heterocycles. The van der Waals surface area contributed by atoms with E-state index in [4.69, 9.17) is 12.2 Å². The number of rotatable bonds is 7. The van der Waals surface area contributed by atoms with Crippen LogP contribution in [0.1, 0.15) is 37.5 Å². The van der Waals surface area contributed by atoms with Gasteiger partial charge in [-0.05, 0) is 29.9 Å². The molecule has 3 atom stereocenters. The molecule has 1 aliphatic heterocycles. The molecule has 148 valence electrons. The van der Waals surface area contributed by atoms with Crippen molar-refractivity contribution in [1.29, 1.82) is 0 Å². The highest BCUT2D eigenvalue weighted by Gasteiger charge is 2.40. The summed E-state index contributed by atoms with van der Waals surface area (Å²) in [6.45, 7) is 4.16. The van der Waals surface area contributed by atoms with Gasteiger partial charge in [0.15, 0.2) is 0 Å². The highest BCUT2D eigenvalue weighted by atomic mass is 32.2. The zero-order valence-electron chi connectivity index (χ0n) is 16.3. The van der Waals surface area contributed by atoms with Gasteiger partial charge in [0.05, 0.1) is 18.1 Å². The van der Waals surface area contributed by atoms with Gasteiger partial charge in [0.2, 0.25) is 5.91 Å². The van der Waals surface area contributed by atoms with E-state index in [9.17, 15) is 9.90 Å². The van der Waals surface area contributed by atoms with Crippen molar-refractivity contribution in [1.82, 2.24) is 4.90 Å². The van der Waals surface area contributed by atoms with Crippen LogP contribution in [0, 0.1) is 11.8 Å². The molecule has 5 heteroatoms. The molecule has 1 N–H and O–H groups in total. The van der Waals surface area contributed by atoms with Crippen LogP contribution in [0.15, 0.2) is 60.7 Å². The summed E-state index contributed by atoms with van der Waals surface area (Å²) < 4.78 is 0.625. The molecular weight excluding hydrogens is 386 g/mol. The molecule has 1 heterocycles. The number of thiocarbonyl (C=S) groups is 1. The first kappa shape index (κ1) is 21.0. The predicted molar refractivity (Wildman–Crippen MR) is 120 cm³/mol. The Morgan fingerprint density at radius 2 is 1.75 bits per heavy atom. The van der Waals surface area contributed by atoms with Crippen LogP contribution < -0.4 is 0 Å². The molecule has 1 fully saturated rings. The largest absolute Gasteiger partial charge is 0.388 e. The van der Waals surface area contributed by atoms with Gasteiger partial charge in [0, 0.05) is 5.75 Å². The Bertz CT molecular complexity index is 795. The van der Waals surface area contributed by atoms with Gasteiger partial charge in [-0.2, -0.15) is 0 Å². The molecule has 28 heavy (non-hydrogen) atoms. The number of hydrogen-bond donors (Lipinski definition) is 1. The van der Waals surface area contributed by atoms with Crippen molar-refractivity contribution >= 4 is 34.2 Å². The number of thioether (sulfide) groups is 1. The van der Waals surface area contributed by atoms with E-state index in [2.05, 4.69) is 26.0 Å². The smallest absolute Gasteiger partial charge is 0.234 e. The molecule has 3 rings (SSSR count). The molecule has 1 amide bonds. The zero-order valence-corrected chi connectivity index (χ0v) is 18.0. The Labute approximate surface area is 177 Å². The highest BCUT2D eigenvalue weighted by molar-refractivity contribution is 8.23. The van der Waals surface area contributed by atoms with Crippen LogP contribution in [-0.4, -0.2) is 32.0 Å². The first-order valence-electron chi connectivity index (χ1n) is 9.74. The van der Waals surface area contributed by atoms with Crippen molar-refractivity contribution in [3.8, 4) is 0 Å². The van der Waals surface area contributed by atoms with E-state index in [1.807, 2.05) is 48.5 Å². The summed E-state index contributed by atoms with van der Waals surface area (Å²) in [7, 11) is 0. The maximum Gasteiger partial charge on any atom is 0.234 e. The second kappa shape index (κ2) is 9.68. The topological polar surface area (TPSA) is 40.5 Å². The molecule has 2 aromatic carbocycles. The Balaban J connectivity index is 1.84. The molecular formula is C23H27NO2S2. The lowest BCUT2D eigenvalue weighted by atomic mass is 9.87. The van der Waals surface area contributed by atoms with Crippen molar-refractivity contribution in [2.24, 2.45) is 11.8 Å². The van der Waals surface area contributed by atoms with Gasteiger partial charge in [-0.3, -0.25) is 9.69 Å². The average molecular weight is 414 g/mol. The van der Waals surface area contributed by atoms with Crippen LogP contribution in [0.3, 0.4) is 0 Å². The van der Waals surface area contributed by atoms with E-state index >= 15 is 0 Å². The quantitative estimate of drug-likeness (QED) is 0.659. The number of carbonyl (C=O) groups excluding carboxylic acids is 1. The van der Waals surface area contributed by atoms with Gasteiger partial charge in [-0.25, -0.2) is 0 Å². The van der Waals surface area contributed by atoms with Gasteiger partial charge in [-0.1, -0.05) is 98.5 Å².